The number of carbonyl (C=O) groups is 1. The zero-order chi connectivity index (χ0) is 15.0. The first kappa shape index (κ1) is 13.9. The fourth-order valence-corrected chi connectivity index (χ4v) is 2.99. The highest BCUT2D eigenvalue weighted by Gasteiger charge is 2.26. The van der Waals surface area contributed by atoms with Crippen molar-refractivity contribution >= 4 is 5.91 Å². The standard InChI is InChI=1S/C15H21N5O/c1-4-20-9-12(10(2)18-20)15(21)17-13-6-5-7-14-11(13)8-16-19(14)3/h8-9,13H,4-7H2,1-3H3,(H,17,21). The minimum absolute atomic E-state index is 0.0473. The number of aromatic nitrogens is 4. The highest BCUT2D eigenvalue weighted by Crippen LogP contribution is 2.29. The first-order valence-corrected chi connectivity index (χ1v) is 7.45. The molecule has 6 nitrogen and oxygen atoms in total. The van der Waals surface area contributed by atoms with Crippen LogP contribution in [0.2, 0.25) is 0 Å². The Labute approximate surface area is 124 Å². The summed E-state index contributed by atoms with van der Waals surface area (Å²) in [5.41, 5.74) is 3.81. The van der Waals surface area contributed by atoms with Crippen LogP contribution in [0.1, 0.15) is 53.1 Å². The van der Waals surface area contributed by atoms with Crippen molar-refractivity contribution in [3.63, 3.8) is 0 Å². The molecule has 0 spiro atoms. The SMILES string of the molecule is CCn1cc(C(=O)NC2CCCc3c2cnn3C)c(C)n1. The van der Waals surface area contributed by atoms with Crippen LogP contribution < -0.4 is 5.32 Å². The van der Waals surface area contributed by atoms with Crippen LogP contribution in [-0.4, -0.2) is 25.5 Å². The Balaban J connectivity index is 1.81. The molecule has 2 heterocycles. The molecular formula is C15H21N5O. The molecule has 2 aromatic rings. The lowest BCUT2D eigenvalue weighted by molar-refractivity contribution is 0.0932. The fourth-order valence-electron chi connectivity index (χ4n) is 2.99. The Morgan fingerprint density at radius 3 is 3.05 bits per heavy atom. The number of nitrogens with one attached hydrogen (secondary N) is 1. The van der Waals surface area contributed by atoms with Crippen molar-refractivity contribution in [3.8, 4) is 0 Å². The Hall–Kier alpha value is -2.11. The first-order valence-electron chi connectivity index (χ1n) is 7.45. The van der Waals surface area contributed by atoms with Crippen molar-refractivity contribution in [1.29, 1.82) is 0 Å². The van der Waals surface area contributed by atoms with Crippen molar-refractivity contribution in [2.75, 3.05) is 0 Å². The van der Waals surface area contributed by atoms with Gasteiger partial charge < -0.3 is 5.32 Å². The lowest BCUT2D eigenvalue weighted by Crippen LogP contribution is -2.31. The quantitative estimate of drug-likeness (QED) is 0.935. The van der Waals surface area contributed by atoms with Gasteiger partial charge in [-0.25, -0.2) is 0 Å². The molecule has 2 aromatic heterocycles. The minimum atomic E-state index is -0.0473. The molecule has 0 saturated carbocycles. The molecule has 1 N–H and O–H groups in total. The van der Waals surface area contributed by atoms with Crippen LogP contribution in [0.3, 0.4) is 0 Å². The molecule has 0 bridgehead atoms. The lowest BCUT2D eigenvalue weighted by Gasteiger charge is -2.23. The van der Waals surface area contributed by atoms with Gasteiger partial charge in [-0.2, -0.15) is 10.2 Å². The predicted octanol–water partition coefficient (Wildman–Crippen LogP) is 1.75. The molecule has 1 aliphatic carbocycles. The Kier molecular flexibility index (Phi) is 3.53. The number of aryl methyl sites for hydroxylation is 3. The largest absolute Gasteiger partial charge is 0.345 e. The Bertz CT molecular complexity index is 670. The van der Waals surface area contributed by atoms with Crippen LogP contribution in [0, 0.1) is 6.92 Å². The average molecular weight is 287 g/mol. The van der Waals surface area contributed by atoms with E-state index in [9.17, 15) is 4.79 Å². The number of hydrogen-bond donors (Lipinski definition) is 1. The minimum Gasteiger partial charge on any atom is -0.345 e. The van der Waals surface area contributed by atoms with Crippen LogP contribution in [0.4, 0.5) is 0 Å². The maximum atomic E-state index is 12.5. The molecule has 0 fully saturated rings. The Morgan fingerprint density at radius 1 is 1.52 bits per heavy atom. The van der Waals surface area contributed by atoms with E-state index in [-0.39, 0.29) is 11.9 Å². The second-order valence-electron chi connectivity index (χ2n) is 5.57. The Morgan fingerprint density at radius 2 is 2.33 bits per heavy atom. The van der Waals surface area contributed by atoms with Gasteiger partial charge in [0.2, 0.25) is 0 Å². The number of amides is 1. The van der Waals surface area contributed by atoms with Gasteiger partial charge in [0.15, 0.2) is 0 Å². The fraction of sp³-hybridized carbons (Fsp3) is 0.533. The lowest BCUT2D eigenvalue weighted by atomic mass is 9.93. The van der Waals surface area contributed by atoms with E-state index in [1.165, 1.54) is 5.69 Å². The topological polar surface area (TPSA) is 64.7 Å². The molecule has 21 heavy (non-hydrogen) atoms. The van der Waals surface area contributed by atoms with E-state index in [0.717, 1.165) is 37.1 Å². The zero-order valence-corrected chi connectivity index (χ0v) is 12.8. The molecule has 0 radical (unpaired) electrons. The zero-order valence-electron chi connectivity index (χ0n) is 12.8. The monoisotopic (exact) mass is 287 g/mol. The molecule has 0 saturated heterocycles. The van der Waals surface area contributed by atoms with E-state index in [4.69, 9.17) is 0 Å². The second-order valence-corrected chi connectivity index (χ2v) is 5.57. The summed E-state index contributed by atoms with van der Waals surface area (Å²) < 4.78 is 3.70. The summed E-state index contributed by atoms with van der Waals surface area (Å²) >= 11 is 0. The average Bonchev–Trinajstić information content (AvgIpc) is 3.03. The summed E-state index contributed by atoms with van der Waals surface area (Å²) in [6.45, 7) is 4.65. The van der Waals surface area contributed by atoms with Gasteiger partial charge in [-0.15, -0.1) is 0 Å². The van der Waals surface area contributed by atoms with Gasteiger partial charge in [0.05, 0.1) is 23.5 Å². The van der Waals surface area contributed by atoms with Gasteiger partial charge >= 0.3 is 0 Å². The van der Waals surface area contributed by atoms with Crippen molar-refractivity contribution in [3.05, 3.63) is 34.9 Å². The van der Waals surface area contributed by atoms with Crippen molar-refractivity contribution in [1.82, 2.24) is 24.9 Å². The number of rotatable bonds is 3. The second kappa shape index (κ2) is 5.35. The van der Waals surface area contributed by atoms with Crippen LogP contribution in [0.15, 0.2) is 12.4 Å². The molecule has 1 aliphatic rings. The van der Waals surface area contributed by atoms with E-state index >= 15 is 0 Å². The summed E-state index contributed by atoms with van der Waals surface area (Å²) in [5.74, 6) is -0.0473. The van der Waals surface area contributed by atoms with E-state index in [1.807, 2.05) is 38.0 Å². The highest BCUT2D eigenvalue weighted by atomic mass is 16.1. The molecule has 6 heteroatoms. The van der Waals surface area contributed by atoms with Crippen molar-refractivity contribution < 1.29 is 4.79 Å². The smallest absolute Gasteiger partial charge is 0.255 e. The molecular weight excluding hydrogens is 266 g/mol. The van der Waals surface area contributed by atoms with Crippen molar-refractivity contribution in [2.24, 2.45) is 7.05 Å². The highest BCUT2D eigenvalue weighted by molar-refractivity contribution is 5.95. The van der Waals surface area contributed by atoms with Gasteiger partial charge in [0.1, 0.15) is 0 Å². The van der Waals surface area contributed by atoms with Gasteiger partial charge in [-0.3, -0.25) is 14.2 Å². The predicted molar refractivity (Wildman–Crippen MR) is 79.0 cm³/mol. The van der Waals surface area contributed by atoms with Crippen LogP contribution >= 0.6 is 0 Å². The van der Waals surface area contributed by atoms with Gasteiger partial charge in [-0.05, 0) is 33.1 Å². The third-order valence-electron chi connectivity index (χ3n) is 4.20. The normalized spacial score (nSPS) is 17.6. The molecule has 112 valence electrons. The van der Waals surface area contributed by atoms with Crippen molar-refractivity contribution in [2.45, 2.75) is 45.7 Å². The van der Waals surface area contributed by atoms with Gasteiger partial charge in [0.25, 0.3) is 5.91 Å². The van der Waals surface area contributed by atoms with E-state index in [0.29, 0.717) is 5.56 Å². The van der Waals surface area contributed by atoms with E-state index < -0.39 is 0 Å². The molecule has 1 unspecified atom stereocenters. The van der Waals surface area contributed by atoms with Gasteiger partial charge in [-0.1, -0.05) is 0 Å². The summed E-state index contributed by atoms with van der Waals surface area (Å²) in [5, 5.41) is 11.8. The summed E-state index contributed by atoms with van der Waals surface area (Å²) in [6.07, 6.45) is 6.76. The molecule has 0 aromatic carbocycles. The van der Waals surface area contributed by atoms with Crippen LogP contribution in [0.25, 0.3) is 0 Å². The molecule has 1 atom stereocenters. The maximum Gasteiger partial charge on any atom is 0.255 e. The van der Waals surface area contributed by atoms with Crippen LogP contribution in [-0.2, 0) is 20.0 Å². The van der Waals surface area contributed by atoms with Gasteiger partial charge in [0, 0.05) is 31.0 Å². The number of hydrogen-bond acceptors (Lipinski definition) is 3. The summed E-state index contributed by atoms with van der Waals surface area (Å²) in [7, 11) is 1.96. The summed E-state index contributed by atoms with van der Waals surface area (Å²) in [6, 6.07) is 0.0549. The molecule has 1 amide bonds. The van der Waals surface area contributed by atoms with Crippen LogP contribution in [0.5, 0.6) is 0 Å². The number of fused-ring (bicyclic) bond motifs is 1. The third-order valence-corrected chi connectivity index (χ3v) is 4.20. The first-order chi connectivity index (χ1) is 10.1. The molecule has 3 rings (SSSR count). The third kappa shape index (κ3) is 2.46. The summed E-state index contributed by atoms with van der Waals surface area (Å²) in [4.78, 5) is 12.5. The van der Waals surface area contributed by atoms with E-state index in [1.54, 1.807) is 4.68 Å². The molecule has 0 aliphatic heterocycles. The maximum absolute atomic E-state index is 12.5. The number of carbonyl (C=O) groups excluding carboxylic acids is 1. The van der Waals surface area contributed by atoms with E-state index in [2.05, 4.69) is 15.5 Å². The number of nitrogens with zero attached hydrogens (tertiary/aromatic N) is 4.